The third-order valence-electron chi connectivity index (χ3n) is 6.17. The number of halogens is 1. The average molecular weight is 552 g/mol. The van der Waals surface area contributed by atoms with Crippen molar-refractivity contribution in [3.05, 3.63) is 69.5 Å². The molecule has 0 radical (unpaired) electrons. The number of hydrazone groups is 1. The first-order valence-corrected chi connectivity index (χ1v) is 13.0. The highest BCUT2D eigenvalue weighted by molar-refractivity contribution is 9.10. The third kappa shape index (κ3) is 6.37. The van der Waals surface area contributed by atoms with Gasteiger partial charge in [0.1, 0.15) is 5.82 Å². The molecular weight excluding hydrogens is 522 g/mol. The molecule has 0 aliphatic carbocycles. The quantitative estimate of drug-likeness (QED) is 0.351. The van der Waals surface area contributed by atoms with Crippen LogP contribution in [0.3, 0.4) is 0 Å². The van der Waals surface area contributed by atoms with Gasteiger partial charge in [0.2, 0.25) is 11.9 Å². The molecule has 2 fully saturated rings. The molecule has 3 aromatic rings. The minimum Gasteiger partial charge on any atom is -0.378 e. The van der Waals surface area contributed by atoms with Gasteiger partial charge in [-0.3, -0.25) is 0 Å². The number of hydrogen-bond acceptors (Lipinski definition) is 9. The summed E-state index contributed by atoms with van der Waals surface area (Å²) in [6.07, 6.45) is 2.36. The fourth-order valence-corrected chi connectivity index (χ4v) is 4.80. The molecule has 36 heavy (non-hydrogen) atoms. The van der Waals surface area contributed by atoms with Gasteiger partial charge in [-0.05, 0) is 41.8 Å². The lowest BCUT2D eigenvalue weighted by Gasteiger charge is -2.28. The number of aryl methyl sites for hydroxylation is 1. The van der Waals surface area contributed by atoms with E-state index < -0.39 is 0 Å². The summed E-state index contributed by atoms with van der Waals surface area (Å²) in [4.78, 5) is 18.5. The standard InChI is InChI=1S/C26H30BrN7O2/c1-19-2-5-21(23(27)16-19)17-24-29-25(31-26(30-24)34-10-14-36-15-11-34)32-28-18-20-3-6-22(7-4-20)33-8-12-35-13-9-33/h2-7,16,18H,8-15,17H2,1H3,(H,29,30,31,32)/b28-18+. The molecule has 5 rings (SSSR count). The van der Waals surface area contributed by atoms with Crippen LogP contribution in [0.4, 0.5) is 17.6 Å². The molecule has 9 nitrogen and oxygen atoms in total. The lowest BCUT2D eigenvalue weighted by atomic mass is 10.1. The smallest absolute Gasteiger partial charge is 0.248 e. The molecule has 0 saturated carbocycles. The summed E-state index contributed by atoms with van der Waals surface area (Å²) < 4.78 is 12.0. The van der Waals surface area contributed by atoms with E-state index in [0.717, 1.165) is 55.0 Å². The number of aromatic nitrogens is 3. The maximum Gasteiger partial charge on any atom is 0.248 e. The molecule has 2 aromatic carbocycles. The Bertz CT molecular complexity index is 1190. The van der Waals surface area contributed by atoms with Crippen LogP contribution in [0.1, 0.15) is 22.5 Å². The predicted octanol–water partition coefficient (Wildman–Crippen LogP) is 3.65. The number of ether oxygens (including phenoxy) is 2. The van der Waals surface area contributed by atoms with Gasteiger partial charge in [0.25, 0.3) is 0 Å². The molecule has 3 heterocycles. The molecular formula is C26H30BrN7O2. The maximum atomic E-state index is 5.50. The van der Waals surface area contributed by atoms with E-state index in [4.69, 9.17) is 14.5 Å². The fraction of sp³-hybridized carbons (Fsp3) is 0.385. The SMILES string of the molecule is Cc1ccc(Cc2nc(N/N=C/c3ccc(N4CCOCC4)cc3)nc(N3CCOCC3)n2)c(Br)c1. The number of nitrogens with zero attached hydrogens (tertiary/aromatic N) is 6. The van der Waals surface area contributed by atoms with Gasteiger partial charge in [0.05, 0.1) is 32.6 Å². The second kappa shape index (κ2) is 11.8. The van der Waals surface area contributed by atoms with Gasteiger partial charge in [-0.25, -0.2) is 5.43 Å². The van der Waals surface area contributed by atoms with Crippen LogP contribution in [-0.2, 0) is 15.9 Å². The first-order valence-electron chi connectivity index (χ1n) is 12.2. The molecule has 2 aliphatic heterocycles. The lowest BCUT2D eigenvalue weighted by molar-refractivity contribution is 0.122. The molecule has 2 saturated heterocycles. The summed E-state index contributed by atoms with van der Waals surface area (Å²) in [6.45, 7) is 8.26. The molecule has 188 valence electrons. The molecule has 0 unspecified atom stereocenters. The highest BCUT2D eigenvalue weighted by atomic mass is 79.9. The summed E-state index contributed by atoms with van der Waals surface area (Å²) >= 11 is 3.67. The Labute approximate surface area is 219 Å². The number of anilines is 3. The van der Waals surface area contributed by atoms with Gasteiger partial charge in [-0.1, -0.05) is 40.2 Å². The molecule has 2 aliphatic rings. The van der Waals surface area contributed by atoms with Gasteiger partial charge in [0, 0.05) is 42.8 Å². The van der Waals surface area contributed by atoms with Crippen LogP contribution in [0.15, 0.2) is 52.0 Å². The predicted molar refractivity (Wildman–Crippen MR) is 145 cm³/mol. The first-order chi connectivity index (χ1) is 17.6. The van der Waals surface area contributed by atoms with Crippen molar-refractivity contribution < 1.29 is 9.47 Å². The van der Waals surface area contributed by atoms with Crippen LogP contribution in [0.5, 0.6) is 0 Å². The number of morpholine rings is 2. The van der Waals surface area contributed by atoms with E-state index in [1.807, 2.05) is 0 Å². The third-order valence-corrected chi connectivity index (χ3v) is 6.91. The Kier molecular flexibility index (Phi) is 8.04. The summed E-state index contributed by atoms with van der Waals surface area (Å²) in [6, 6.07) is 14.6. The summed E-state index contributed by atoms with van der Waals surface area (Å²) in [5.41, 5.74) is 7.52. The van der Waals surface area contributed by atoms with Crippen molar-refractivity contribution in [2.24, 2.45) is 5.10 Å². The van der Waals surface area contributed by atoms with E-state index in [1.165, 1.54) is 11.3 Å². The number of benzene rings is 2. The van der Waals surface area contributed by atoms with Crippen LogP contribution >= 0.6 is 15.9 Å². The lowest BCUT2D eigenvalue weighted by Crippen LogP contribution is -2.37. The fourth-order valence-electron chi connectivity index (χ4n) is 4.16. The van der Waals surface area contributed by atoms with Crippen molar-refractivity contribution in [1.29, 1.82) is 0 Å². The van der Waals surface area contributed by atoms with E-state index in [2.05, 4.69) is 95.6 Å². The maximum absolute atomic E-state index is 5.50. The van der Waals surface area contributed by atoms with Crippen molar-refractivity contribution in [3.63, 3.8) is 0 Å². The number of nitrogens with one attached hydrogen (secondary N) is 1. The molecule has 0 amide bonds. The Balaban J connectivity index is 1.31. The minimum atomic E-state index is 0.422. The van der Waals surface area contributed by atoms with Gasteiger partial charge in [-0.15, -0.1) is 0 Å². The topological polar surface area (TPSA) is 88.0 Å². The van der Waals surface area contributed by atoms with Gasteiger partial charge >= 0.3 is 0 Å². The minimum absolute atomic E-state index is 0.422. The molecule has 0 bridgehead atoms. The molecule has 1 N–H and O–H groups in total. The van der Waals surface area contributed by atoms with Crippen LogP contribution in [-0.4, -0.2) is 73.8 Å². The average Bonchev–Trinajstić information content (AvgIpc) is 2.92. The van der Waals surface area contributed by atoms with E-state index in [0.29, 0.717) is 37.4 Å². The van der Waals surface area contributed by atoms with Crippen LogP contribution in [0, 0.1) is 6.92 Å². The van der Waals surface area contributed by atoms with E-state index in [9.17, 15) is 0 Å². The van der Waals surface area contributed by atoms with E-state index in [1.54, 1.807) is 6.21 Å². The van der Waals surface area contributed by atoms with E-state index in [-0.39, 0.29) is 0 Å². The number of rotatable bonds is 7. The molecule has 0 atom stereocenters. The first kappa shape index (κ1) is 24.6. The van der Waals surface area contributed by atoms with Crippen molar-refractivity contribution in [3.8, 4) is 0 Å². The van der Waals surface area contributed by atoms with Crippen molar-refractivity contribution >= 4 is 39.7 Å². The zero-order valence-electron chi connectivity index (χ0n) is 20.4. The van der Waals surface area contributed by atoms with Gasteiger partial charge in [-0.2, -0.15) is 20.1 Å². The second-order valence-electron chi connectivity index (χ2n) is 8.81. The summed E-state index contributed by atoms with van der Waals surface area (Å²) in [7, 11) is 0. The van der Waals surface area contributed by atoms with Crippen LogP contribution < -0.4 is 15.2 Å². The van der Waals surface area contributed by atoms with Gasteiger partial charge < -0.3 is 19.3 Å². The van der Waals surface area contributed by atoms with Crippen molar-refractivity contribution in [1.82, 2.24) is 15.0 Å². The largest absolute Gasteiger partial charge is 0.378 e. The molecule has 0 spiro atoms. The van der Waals surface area contributed by atoms with Gasteiger partial charge in [0.15, 0.2) is 0 Å². The number of hydrogen-bond donors (Lipinski definition) is 1. The Morgan fingerprint density at radius 2 is 1.61 bits per heavy atom. The Morgan fingerprint density at radius 1 is 0.917 bits per heavy atom. The van der Waals surface area contributed by atoms with E-state index >= 15 is 0 Å². The summed E-state index contributed by atoms with van der Waals surface area (Å²) in [5, 5.41) is 4.40. The highest BCUT2D eigenvalue weighted by Crippen LogP contribution is 2.22. The van der Waals surface area contributed by atoms with Crippen molar-refractivity contribution in [2.45, 2.75) is 13.3 Å². The molecule has 1 aromatic heterocycles. The van der Waals surface area contributed by atoms with Crippen LogP contribution in [0.2, 0.25) is 0 Å². The van der Waals surface area contributed by atoms with Crippen molar-refractivity contribution in [2.75, 3.05) is 67.8 Å². The zero-order chi connectivity index (χ0) is 24.7. The second-order valence-corrected chi connectivity index (χ2v) is 9.66. The normalized spacial score (nSPS) is 16.5. The zero-order valence-corrected chi connectivity index (χ0v) is 21.9. The Hall–Kier alpha value is -3.08. The molecule has 10 heteroatoms. The Morgan fingerprint density at radius 3 is 2.31 bits per heavy atom. The van der Waals surface area contributed by atoms with Crippen LogP contribution in [0.25, 0.3) is 0 Å². The summed E-state index contributed by atoms with van der Waals surface area (Å²) in [5.74, 6) is 1.74. The monoisotopic (exact) mass is 551 g/mol. The highest BCUT2D eigenvalue weighted by Gasteiger charge is 2.17.